The van der Waals surface area contributed by atoms with Crippen LogP contribution in [0.15, 0.2) is 42.5 Å². The van der Waals surface area contributed by atoms with Crippen molar-refractivity contribution in [1.82, 2.24) is 0 Å². The Bertz CT molecular complexity index is 523. The van der Waals surface area contributed by atoms with Crippen molar-refractivity contribution in [2.75, 3.05) is 7.11 Å². The van der Waals surface area contributed by atoms with Crippen LogP contribution in [0.3, 0.4) is 0 Å². The topological polar surface area (TPSA) is 38.7 Å². The molecule has 2 aromatic rings. The fourth-order valence-corrected chi connectivity index (χ4v) is 1.64. The number of phenolic OH excluding ortho intramolecular Hbond substituents is 1. The number of halogens is 1. The lowest BCUT2D eigenvalue weighted by molar-refractivity contribution is 0.305. The highest BCUT2D eigenvalue weighted by Gasteiger charge is 2.01. The van der Waals surface area contributed by atoms with E-state index in [4.69, 9.17) is 21.1 Å². The second kappa shape index (κ2) is 5.65. The second-order valence-electron chi connectivity index (χ2n) is 3.75. The molecule has 0 saturated carbocycles. The van der Waals surface area contributed by atoms with E-state index in [1.54, 1.807) is 19.2 Å². The van der Waals surface area contributed by atoms with Gasteiger partial charge < -0.3 is 14.6 Å². The molecule has 0 saturated heterocycles. The number of benzene rings is 2. The number of ether oxygens (including phenoxy) is 2. The van der Waals surface area contributed by atoms with E-state index in [0.717, 1.165) is 11.3 Å². The molecule has 0 radical (unpaired) electrons. The van der Waals surface area contributed by atoms with Gasteiger partial charge in [0.1, 0.15) is 23.9 Å². The normalized spacial score (nSPS) is 10.1. The van der Waals surface area contributed by atoms with Crippen LogP contribution >= 0.6 is 11.6 Å². The van der Waals surface area contributed by atoms with Gasteiger partial charge in [-0.3, -0.25) is 0 Å². The summed E-state index contributed by atoms with van der Waals surface area (Å²) in [7, 11) is 1.63. The number of hydrogen-bond donors (Lipinski definition) is 1. The van der Waals surface area contributed by atoms with E-state index < -0.39 is 0 Å². The number of aromatic hydroxyl groups is 1. The Labute approximate surface area is 111 Å². The van der Waals surface area contributed by atoms with Gasteiger partial charge in [0.2, 0.25) is 0 Å². The SMILES string of the molecule is COc1ccc(COc2ccc(O)c(Cl)c2)cc1. The van der Waals surface area contributed by atoms with Gasteiger partial charge in [-0.25, -0.2) is 0 Å². The summed E-state index contributed by atoms with van der Waals surface area (Å²) in [4.78, 5) is 0. The third-order valence-corrected chi connectivity index (χ3v) is 2.79. The van der Waals surface area contributed by atoms with E-state index in [1.165, 1.54) is 6.07 Å². The molecule has 0 bridgehead atoms. The van der Waals surface area contributed by atoms with Gasteiger partial charge in [-0.1, -0.05) is 23.7 Å². The molecule has 0 heterocycles. The van der Waals surface area contributed by atoms with Crippen LogP contribution in [0.5, 0.6) is 17.2 Å². The van der Waals surface area contributed by atoms with Crippen LogP contribution in [-0.2, 0) is 6.61 Å². The molecule has 0 atom stereocenters. The first-order valence-electron chi connectivity index (χ1n) is 5.43. The molecule has 18 heavy (non-hydrogen) atoms. The molecular weight excluding hydrogens is 252 g/mol. The summed E-state index contributed by atoms with van der Waals surface area (Å²) in [6.07, 6.45) is 0. The zero-order chi connectivity index (χ0) is 13.0. The Morgan fingerprint density at radius 1 is 1.06 bits per heavy atom. The van der Waals surface area contributed by atoms with Gasteiger partial charge in [0.25, 0.3) is 0 Å². The molecule has 0 spiro atoms. The first-order chi connectivity index (χ1) is 8.69. The van der Waals surface area contributed by atoms with Crippen molar-refractivity contribution in [3.8, 4) is 17.2 Å². The Morgan fingerprint density at radius 3 is 2.33 bits per heavy atom. The van der Waals surface area contributed by atoms with Gasteiger partial charge >= 0.3 is 0 Å². The summed E-state index contributed by atoms with van der Waals surface area (Å²) in [5, 5.41) is 9.57. The van der Waals surface area contributed by atoms with Crippen LogP contribution in [-0.4, -0.2) is 12.2 Å². The average molecular weight is 265 g/mol. The summed E-state index contributed by atoms with van der Waals surface area (Å²) >= 11 is 5.79. The Balaban J connectivity index is 1.99. The molecule has 0 aliphatic carbocycles. The monoisotopic (exact) mass is 264 g/mol. The van der Waals surface area contributed by atoms with Crippen LogP contribution in [0.1, 0.15) is 5.56 Å². The molecule has 1 N–H and O–H groups in total. The van der Waals surface area contributed by atoms with Gasteiger partial charge in [0.15, 0.2) is 0 Å². The molecule has 94 valence electrons. The number of rotatable bonds is 4. The highest BCUT2D eigenvalue weighted by Crippen LogP contribution is 2.27. The molecule has 0 fully saturated rings. The maximum Gasteiger partial charge on any atom is 0.134 e. The molecule has 4 heteroatoms. The predicted molar refractivity (Wildman–Crippen MR) is 70.4 cm³/mol. The summed E-state index contributed by atoms with van der Waals surface area (Å²) in [5.74, 6) is 1.48. The minimum absolute atomic E-state index is 0.0495. The summed E-state index contributed by atoms with van der Waals surface area (Å²) in [5.41, 5.74) is 1.03. The molecule has 2 rings (SSSR count). The van der Waals surface area contributed by atoms with E-state index in [2.05, 4.69) is 0 Å². The van der Waals surface area contributed by atoms with Crippen molar-refractivity contribution in [2.45, 2.75) is 6.61 Å². The molecule has 0 aliphatic rings. The molecule has 0 unspecified atom stereocenters. The minimum atomic E-state index is 0.0495. The maximum absolute atomic E-state index is 9.29. The van der Waals surface area contributed by atoms with Crippen molar-refractivity contribution < 1.29 is 14.6 Å². The van der Waals surface area contributed by atoms with Crippen molar-refractivity contribution in [3.63, 3.8) is 0 Å². The molecule has 0 amide bonds. The lowest BCUT2D eigenvalue weighted by atomic mass is 10.2. The highest BCUT2D eigenvalue weighted by atomic mass is 35.5. The highest BCUT2D eigenvalue weighted by molar-refractivity contribution is 6.32. The average Bonchev–Trinajstić information content (AvgIpc) is 2.41. The largest absolute Gasteiger partial charge is 0.506 e. The third-order valence-electron chi connectivity index (χ3n) is 2.48. The summed E-state index contributed by atoms with van der Waals surface area (Å²) in [6, 6.07) is 12.4. The first-order valence-corrected chi connectivity index (χ1v) is 5.81. The smallest absolute Gasteiger partial charge is 0.134 e. The molecule has 2 aromatic carbocycles. The lowest BCUT2D eigenvalue weighted by Gasteiger charge is -2.08. The summed E-state index contributed by atoms with van der Waals surface area (Å²) < 4.78 is 10.6. The number of phenols is 1. The standard InChI is InChI=1S/C14H13ClO3/c1-17-11-4-2-10(3-5-11)9-18-12-6-7-14(16)13(15)8-12/h2-8,16H,9H2,1H3. The van der Waals surface area contributed by atoms with Crippen molar-refractivity contribution >= 4 is 11.6 Å². The quantitative estimate of drug-likeness (QED) is 0.916. The van der Waals surface area contributed by atoms with Gasteiger partial charge in [-0.15, -0.1) is 0 Å². The second-order valence-corrected chi connectivity index (χ2v) is 4.16. The minimum Gasteiger partial charge on any atom is -0.506 e. The summed E-state index contributed by atoms with van der Waals surface area (Å²) in [6.45, 7) is 0.436. The van der Waals surface area contributed by atoms with Crippen LogP contribution < -0.4 is 9.47 Å². The Morgan fingerprint density at radius 2 is 1.72 bits per heavy atom. The van der Waals surface area contributed by atoms with E-state index in [-0.39, 0.29) is 10.8 Å². The van der Waals surface area contributed by atoms with Gasteiger partial charge in [-0.2, -0.15) is 0 Å². The number of hydrogen-bond acceptors (Lipinski definition) is 3. The third kappa shape index (κ3) is 3.08. The Kier molecular flexibility index (Phi) is 3.95. The Hall–Kier alpha value is -1.87. The maximum atomic E-state index is 9.29. The van der Waals surface area contributed by atoms with E-state index in [1.807, 2.05) is 24.3 Å². The predicted octanol–water partition coefficient (Wildman–Crippen LogP) is 3.63. The number of methoxy groups -OCH3 is 1. The zero-order valence-electron chi connectivity index (χ0n) is 9.89. The van der Waals surface area contributed by atoms with Crippen LogP contribution in [0, 0.1) is 0 Å². The zero-order valence-corrected chi connectivity index (χ0v) is 10.6. The lowest BCUT2D eigenvalue weighted by Crippen LogP contribution is -1.95. The van der Waals surface area contributed by atoms with E-state index in [0.29, 0.717) is 12.4 Å². The van der Waals surface area contributed by atoms with E-state index in [9.17, 15) is 5.11 Å². The van der Waals surface area contributed by atoms with Crippen molar-refractivity contribution in [1.29, 1.82) is 0 Å². The van der Waals surface area contributed by atoms with E-state index >= 15 is 0 Å². The van der Waals surface area contributed by atoms with Crippen LogP contribution in [0.2, 0.25) is 5.02 Å². The molecule has 0 aromatic heterocycles. The molecule has 0 aliphatic heterocycles. The fraction of sp³-hybridized carbons (Fsp3) is 0.143. The van der Waals surface area contributed by atoms with Gasteiger partial charge in [0.05, 0.1) is 12.1 Å². The first kappa shape index (κ1) is 12.6. The van der Waals surface area contributed by atoms with Crippen LogP contribution in [0.4, 0.5) is 0 Å². The van der Waals surface area contributed by atoms with Crippen molar-refractivity contribution in [3.05, 3.63) is 53.1 Å². The van der Waals surface area contributed by atoms with Gasteiger partial charge in [0, 0.05) is 6.07 Å². The molecule has 3 nitrogen and oxygen atoms in total. The van der Waals surface area contributed by atoms with Gasteiger partial charge in [-0.05, 0) is 29.8 Å². The van der Waals surface area contributed by atoms with Crippen molar-refractivity contribution in [2.24, 2.45) is 0 Å². The van der Waals surface area contributed by atoms with Crippen LogP contribution in [0.25, 0.3) is 0 Å². The molecular formula is C14H13ClO3. The fourth-order valence-electron chi connectivity index (χ4n) is 1.47.